The molecule has 17 heavy (non-hydrogen) atoms. The minimum absolute atomic E-state index is 0.212. The number of halogens is 1. The molecule has 1 aromatic rings. The van der Waals surface area contributed by atoms with Crippen LogP contribution in [-0.4, -0.2) is 18.9 Å². The molecular weight excluding hydrogens is 284 g/mol. The summed E-state index contributed by atoms with van der Waals surface area (Å²) in [6.07, 6.45) is 0. The van der Waals surface area contributed by atoms with Crippen LogP contribution in [0.15, 0.2) is 16.6 Å². The Kier molecular flexibility index (Phi) is 4.46. The molecule has 1 atom stereocenters. The van der Waals surface area contributed by atoms with Crippen LogP contribution in [0.1, 0.15) is 28.4 Å². The summed E-state index contributed by atoms with van der Waals surface area (Å²) < 4.78 is 5.56. The molecule has 0 amide bonds. The number of methoxy groups -OCH3 is 1. The fourth-order valence-electron chi connectivity index (χ4n) is 1.62. The number of carbonyl (C=O) groups is 2. The van der Waals surface area contributed by atoms with E-state index in [2.05, 4.69) is 20.7 Å². The Balaban J connectivity index is 3.09. The first-order chi connectivity index (χ1) is 7.88. The van der Waals surface area contributed by atoms with Gasteiger partial charge in [0.25, 0.3) is 0 Å². The molecule has 3 nitrogen and oxygen atoms in total. The van der Waals surface area contributed by atoms with Crippen LogP contribution in [0.2, 0.25) is 0 Å². The minimum atomic E-state index is -0.764. The second kappa shape index (κ2) is 5.45. The molecular formula is C13H15BrO3. The first-order valence-corrected chi connectivity index (χ1v) is 6.06. The van der Waals surface area contributed by atoms with Crippen molar-refractivity contribution in [2.24, 2.45) is 5.92 Å². The average Bonchev–Trinajstić information content (AvgIpc) is 2.32. The Bertz CT molecular complexity index is 443. The number of rotatable bonds is 3. The molecule has 1 rings (SSSR count). The van der Waals surface area contributed by atoms with Gasteiger partial charge in [-0.1, -0.05) is 15.9 Å². The molecule has 0 fully saturated rings. The predicted molar refractivity (Wildman–Crippen MR) is 69.1 cm³/mol. The van der Waals surface area contributed by atoms with E-state index in [0.29, 0.717) is 5.56 Å². The number of ether oxygens (including phenoxy) is 1. The van der Waals surface area contributed by atoms with E-state index < -0.39 is 11.9 Å². The van der Waals surface area contributed by atoms with E-state index in [9.17, 15) is 9.59 Å². The summed E-state index contributed by atoms with van der Waals surface area (Å²) in [5.41, 5.74) is 2.50. The van der Waals surface area contributed by atoms with Crippen molar-refractivity contribution in [2.45, 2.75) is 20.8 Å². The van der Waals surface area contributed by atoms with Crippen molar-refractivity contribution in [2.75, 3.05) is 7.11 Å². The maximum atomic E-state index is 12.0. The molecule has 1 unspecified atom stereocenters. The van der Waals surface area contributed by atoms with Crippen molar-refractivity contribution < 1.29 is 14.3 Å². The summed E-state index contributed by atoms with van der Waals surface area (Å²) in [7, 11) is 1.28. The van der Waals surface area contributed by atoms with Gasteiger partial charge in [-0.25, -0.2) is 0 Å². The highest BCUT2D eigenvalue weighted by molar-refractivity contribution is 9.10. The highest BCUT2D eigenvalue weighted by Gasteiger charge is 2.24. The Morgan fingerprint density at radius 3 is 2.12 bits per heavy atom. The Hall–Kier alpha value is -1.16. The van der Waals surface area contributed by atoms with E-state index in [4.69, 9.17) is 0 Å². The van der Waals surface area contributed by atoms with Crippen molar-refractivity contribution in [3.05, 3.63) is 33.3 Å². The molecule has 0 saturated heterocycles. The lowest BCUT2D eigenvalue weighted by molar-refractivity contribution is -0.143. The van der Waals surface area contributed by atoms with Gasteiger partial charge in [0.05, 0.1) is 7.11 Å². The van der Waals surface area contributed by atoms with Crippen LogP contribution >= 0.6 is 15.9 Å². The van der Waals surface area contributed by atoms with E-state index in [1.165, 1.54) is 7.11 Å². The van der Waals surface area contributed by atoms with Crippen LogP contribution in [-0.2, 0) is 9.53 Å². The summed E-state index contributed by atoms with van der Waals surface area (Å²) in [5, 5.41) is 0. The summed E-state index contributed by atoms with van der Waals surface area (Å²) in [4.78, 5) is 23.4. The number of hydrogen-bond acceptors (Lipinski definition) is 3. The summed E-state index contributed by atoms with van der Waals surface area (Å²) in [6, 6.07) is 3.55. The standard InChI is InChI=1S/C13H15BrO3/c1-7-5-10(6-8(2)11(7)14)12(15)9(3)13(16)17-4/h5-6,9H,1-4H3. The zero-order chi connectivity index (χ0) is 13.2. The van der Waals surface area contributed by atoms with Crippen LogP contribution in [0, 0.1) is 19.8 Å². The van der Waals surface area contributed by atoms with Crippen molar-refractivity contribution in [1.29, 1.82) is 0 Å². The van der Waals surface area contributed by atoms with Crippen LogP contribution in [0.25, 0.3) is 0 Å². The molecule has 0 aromatic heterocycles. The molecule has 0 N–H and O–H groups in total. The molecule has 0 spiro atoms. The van der Waals surface area contributed by atoms with E-state index in [1.54, 1.807) is 19.1 Å². The Morgan fingerprint density at radius 1 is 1.24 bits per heavy atom. The van der Waals surface area contributed by atoms with Crippen LogP contribution in [0.4, 0.5) is 0 Å². The van der Waals surface area contributed by atoms with Gasteiger partial charge in [-0.3, -0.25) is 9.59 Å². The zero-order valence-corrected chi connectivity index (χ0v) is 11.9. The smallest absolute Gasteiger partial charge is 0.316 e. The summed E-state index contributed by atoms with van der Waals surface area (Å²) in [6.45, 7) is 5.38. The van der Waals surface area contributed by atoms with Gasteiger partial charge in [-0.05, 0) is 44.0 Å². The van der Waals surface area contributed by atoms with Gasteiger partial charge >= 0.3 is 5.97 Å². The topological polar surface area (TPSA) is 43.4 Å². The summed E-state index contributed by atoms with van der Waals surface area (Å²) in [5.74, 6) is -1.48. The second-order valence-corrected chi connectivity index (χ2v) is 4.83. The maximum absolute atomic E-state index is 12.0. The molecule has 0 aliphatic rings. The van der Waals surface area contributed by atoms with Gasteiger partial charge in [0, 0.05) is 10.0 Å². The monoisotopic (exact) mass is 298 g/mol. The normalized spacial score (nSPS) is 12.1. The van der Waals surface area contributed by atoms with E-state index in [1.807, 2.05) is 13.8 Å². The molecule has 0 heterocycles. The van der Waals surface area contributed by atoms with E-state index in [-0.39, 0.29) is 5.78 Å². The zero-order valence-electron chi connectivity index (χ0n) is 10.3. The number of benzene rings is 1. The molecule has 92 valence electrons. The van der Waals surface area contributed by atoms with Crippen molar-refractivity contribution in [3.8, 4) is 0 Å². The van der Waals surface area contributed by atoms with Gasteiger partial charge in [0.2, 0.25) is 0 Å². The third kappa shape index (κ3) is 2.94. The van der Waals surface area contributed by atoms with Gasteiger partial charge in [0.1, 0.15) is 5.92 Å². The maximum Gasteiger partial charge on any atom is 0.316 e. The lowest BCUT2D eigenvalue weighted by atomic mass is 9.96. The minimum Gasteiger partial charge on any atom is -0.468 e. The van der Waals surface area contributed by atoms with Crippen LogP contribution in [0.3, 0.4) is 0 Å². The van der Waals surface area contributed by atoms with Gasteiger partial charge < -0.3 is 4.74 Å². The number of esters is 1. The average molecular weight is 299 g/mol. The molecule has 0 saturated carbocycles. The van der Waals surface area contributed by atoms with Gasteiger partial charge in [0.15, 0.2) is 5.78 Å². The van der Waals surface area contributed by atoms with Crippen LogP contribution < -0.4 is 0 Å². The first kappa shape index (κ1) is 13.9. The fraction of sp³-hybridized carbons (Fsp3) is 0.385. The largest absolute Gasteiger partial charge is 0.468 e. The Labute approximate surface area is 109 Å². The Morgan fingerprint density at radius 2 is 1.71 bits per heavy atom. The first-order valence-electron chi connectivity index (χ1n) is 5.27. The third-order valence-electron chi connectivity index (χ3n) is 2.67. The number of ketones is 1. The molecule has 0 bridgehead atoms. The lowest BCUT2D eigenvalue weighted by Gasteiger charge is -2.11. The molecule has 1 aromatic carbocycles. The molecule has 0 radical (unpaired) electrons. The fourth-order valence-corrected chi connectivity index (χ4v) is 1.85. The van der Waals surface area contributed by atoms with Crippen LogP contribution in [0.5, 0.6) is 0 Å². The van der Waals surface area contributed by atoms with Gasteiger partial charge in [-0.2, -0.15) is 0 Å². The van der Waals surface area contributed by atoms with Crippen molar-refractivity contribution in [3.63, 3.8) is 0 Å². The molecule has 0 aliphatic carbocycles. The number of Topliss-reactive ketones (excluding diaryl/α,β-unsaturated/α-hetero) is 1. The second-order valence-electron chi connectivity index (χ2n) is 4.03. The molecule has 0 aliphatic heterocycles. The number of carbonyl (C=O) groups excluding carboxylic acids is 2. The van der Waals surface area contributed by atoms with E-state index >= 15 is 0 Å². The van der Waals surface area contributed by atoms with Gasteiger partial charge in [-0.15, -0.1) is 0 Å². The number of hydrogen-bond donors (Lipinski definition) is 0. The quantitative estimate of drug-likeness (QED) is 0.489. The SMILES string of the molecule is COC(=O)C(C)C(=O)c1cc(C)c(Br)c(C)c1. The molecule has 4 heteroatoms. The lowest BCUT2D eigenvalue weighted by Crippen LogP contribution is -2.22. The highest BCUT2D eigenvalue weighted by Crippen LogP contribution is 2.24. The summed E-state index contributed by atoms with van der Waals surface area (Å²) >= 11 is 3.44. The number of aryl methyl sites for hydroxylation is 2. The van der Waals surface area contributed by atoms with E-state index in [0.717, 1.165) is 15.6 Å². The third-order valence-corrected chi connectivity index (χ3v) is 3.92. The highest BCUT2D eigenvalue weighted by atomic mass is 79.9. The predicted octanol–water partition coefficient (Wildman–Crippen LogP) is 3.06. The van der Waals surface area contributed by atoms with Crippen molar-refractivity contribution >= 4 is 27.7 Å². The van der Waals surface area contributed by atoms with Crippen molar-refractivity contribution in [1.82, 2.24) is 0 Å².